The van der Waals surface area contributed by atoms with Gasteiger partial charge in [0.15, 0.2) is 0 Å². The number of phenols is 1. The second-order valence-corrected chi connectivity index (χ2v) is 5.75. The van der Waals surface area contributed by atoms with Crippen LogP contribution in [0.5, 0.6) is 5.75 Å². The van der Waals surface area contributed by atoms with E-state index >= 15 is 0 Å². The van der Waals surface area contributed by atoms with Gasteiger partial charge in [0, 0.05) is 25.6 Å². The van der Waals surface area contributed by atoms with Crippen LogP contribution in [0.4, 0.5) is 0 Å². The molecule has 2 fully saturated rings. The lowest BCUT2D eigenvalue weighted by atomic mass is 10.2. The predicted molar refractivity (Wildman–Crippen MR) is 80.3 cm³/mol. The number of carbonyl (C=O) groups is 1. The molecule has 0 bridgehead atoms. The Balaban J connectivity index is 0.000000151. The Kier molecular flexibility index (Phi) is 5.52. The molecule has 2 heterocycles. The van der Waals surface area contributed by atoms with Crippen molar-refractivity contribution in [3.8, 4) is 5.75 Å². The maximum atomic E-state index is 11.3. The molecule has 1 atom stereocenters. The van der Waals surface area contributed by atoms with Crippen LogP contribution < -0.4 is 5.32 Å². The van der Waals surface area contributed by atoms with Gasteiger partial charge in [-0.3, -0.25) is 4.79 Å². The Morgan fingerprint density at radius 2 is 2.10 bits per heavy atom. The molecule has 1 aromatic carbocycles. The summed E-state index contributed by atoms with van der Waals surface area (Å²) in [6, 6.07) is 4.92. The predicted octanol–water partition coefficient (Wildman–Crippen LogP) is 2.67. The van der Waals surface area contributed by atoms with Gasteiger partial charge in [-0.1, -0.05) is 23.2 Å². The SMILES string of the molecule is O=C1CCCN1C1CCNC1.Oc1ccc(Cl)c(Cl)c1. The normalized spacial score (nSPS) is 21.8. The van der Waals surface area contributed by atoms with Gasteiger partial charge in [-0.25, -0.2) is 0 Å². The fraction of sp³-hybridized carbons (Fsp3) is 0.500. The van der Waals surface area contributed by atoms with Crippen molar-refractivity contribution in [1.82, 2.24) is 10.2 Å². The second-order valence-electron chi connectivity index (χ2n) is 4.94. The van der Waals surface area contributed by atoms with E-state index in [1.807, 2.05) is 4.90 Å². The molecule has 0 radical (unpaired) electrons. The smallest absolute Gasteiger partial charge is 0.222 e. The van der Waals surface area contributed by atoms with E-state index in [0.29, 0.717) is 22.0 Å². The summed E-state index contributed by atoms with van der Waals surface area (Å²) < 4.78 is 0. The molecule has 110 valence electrons. The molecule has 6 heteroatoms. The summed E-state index contributed by atoms with van der Waals surface area (Å²) in [6.45, 7) is 3.07. The van der Waals surface area contributed by atoms with E-state index in [9.17, 15) is 4.79 Å². The fourth-order valence-electron chi connectivity index (χ4n) is 2.45. The first-order chi connectivity index (χ1) is 9.58. The molecule has 1 unspecified atom stereocenters. The lowest BCUT2D eigenvalue weighted by molar-refractivity contribution is -0.129. The van der Waals surface area contributed by atoms with E-state index in [-0.39, 0.29) is 5.75 Å². The van der Waals surface area contributed by atoms with E-state index < -0.39 is 0 Å². The minimum atomic E-state index is 0.129. The number of nitrogens with zero attached hydrogens (tertiary/aromatic N) is 1. The van der Waals surface area contributed by atoms with Gasteiger partial charge < -0.3 is 15.3 Å². The van der Waals surface area contributed by atoms with E-state index in [1.54, 1.807) is 6.07 Å². The Hall–Kier alpha value is -0.970. The highest BCUT2D eigenvalue weighted by atomic mass is 35.5. The number of benzene rings is 1. The number of halogens is 2. The molecule has 3 rings (SSSR count). The molecule has 2 aliphatic rings. The first-order valence-corrected chi connectivity index (χ1v) is 7.47. The number of likely N-dealkylation sites (tertiary alicyclic amines) is 1. The summed E-state index contributed by atoms with van der Waals surface area (Å²) in [5.41, 5.74) is 0. The molecule has 0 aromatic heterocycles. The van der Waals surface area contributed by atoms with Gasteiger partial charge in [-0.15, -0.1) is 0 Å². The number of nitrogens with one attached hydrogen (secondary N) is 1. The van der Waals surface area contributed by atoms with Gasteiger partial charge in [0.05, 0.1) is 10.0 Å². The van der Waals surface area contributed by atoms with E-state index in [1.165, 1.54) is 12.1 Å². The van der Waals surface area contributed by atoms with Crippen LogP contribution in [0.2, 0.25) is 10.0 Å². The maximum absolute atomic E-state index is 11.3. The maximum Gasteiger partial charge on any atom is 0.222 e. The minimum Gasteiger partial charge on any atom is -0.508 e. The molecule has 20 heavy (non-hydrogen) atoms. The monoisotopic (exact) mass is 316 g/mol. The fourth-order valence-corrected chi connectivity index (χ4v) is 2.74. The molecule has 2 aliphatic heterocycles. The Bertz CT molecular complexity index is 476. The largest absolute Gasteiger partial charge is 0.508 e. The minimum absolute atomic E-state index is 0.129. The van der Waals surface area contributed by atoms with Gasteiger partial charge >= 0.3 is 0 Å². The first kappa shape index (κ1) is 15.4. The third-order valence-electron chi connectivity index (χ3n) is 3.49. The third kappa shape index (κ3) is 4.01. The van der Waals surface area contributed by atoms with E-state index in [0.717, 1.165) is 38.9 Å². The molecule has 0 aliphatic carbocycles. The quantitative estimate of drug-likeness (QED) is 0.837. The van der Waals surface area contributed by atoms with Crippen LogP contribution in [0.3, 0.4) is 0 Å². The highest BCUT2D eigenvalue weighted by Gasteiger charge is 2.29. The zero-order valence-electron chi connectivity index (χ0n) is 11.1. The molecule has 1 aromatic rings. The molecule has 2 N–H and O–H groups in total. The summed E-state index contributed by atoms with van der Waals surface area (Å²) >= 11 is 11.1. The van der Waals surface area contributed by atoms with Crippen LogP contribution in [-0.2, 0) is 4.79 Å². The van der Waals surface area contributed by atoms with Crippen molar-refractivity contribution in [1.29, 1.82) is 0 Å². The Morgan fingerprint density at radius 3 is 2.60 bits per heavy atom. The van der Waals surface area contributed by atoms with Crippen LogP contribution in [0.15, 0.2) is 18.2 Å². The lowest BCUT2D eigenvalue weighted by Crippen LogP contribution is -2.37. The van der Waals surface area contributed by atoms with Gasteiger partial charge in [0.1, 0.15) is 5.75 Å². The van der Waals surface area contributed by atoms with E-state index in [2.05, 4.69) is 5.32 Å². The summed E-state index contributed by atoms with van der Waals surface area (Å²) in [7, 11) is 0. The average molecular weight is 317 g/mol. The topological polar surface area (TPSA) is 52.6 Å². The zero-order chi connectivity index (χ0) is 14.5. The van der Waals surface area contributed by atoms with Crippen LogP contribution in [0.25, 0.3) is 0 Å². The Morgan fingerprint density at radius 1 is 1.30 bits per heavy atom. The van der Waals surface area contributed by atoms with Crippen LogP contribution >= 0.6 is 23.2 Å². The number of rotatable bonds is 1. The van der Waals surface area contributed by atoms with Crippen molar-refractivity contribution in [2.24, 2.45) is 0 Å². The van der Waals surface area contributed by atoms with Crippen molar-refractivity contribution < 1.29 is 9.90 Å². The Labute approximate surface area is 128 Å². The van der Waals surface area contributed by atoms with Gasteiger partial charge in [0.2, 0.25) is 5.91 Å². The summed E-state index contributed by atoms with van der Waals surface area (Å²) in [5.74, 6) is 0.489. The lowest BCUT2D eigenvalue weighted by Gasteiger charge is -2.22. The average Bonchev–Trinajstić information content (AvgIpc) is 3.05. The van der Waals surface area contributed by atoms with Crippen molar-refractivity contribution in [3.63, 3.8) is 0 Å². The van der Waals surface area contributed by atoms with Crippen molar-refractivity contribution >= 4 is 29.1 Å². The highest BCUT2D eigenvalue weighted by molar-refractivity contribution is 6.42. The molecular formula is C14H18Cl2N2O2. The summed E-state index contributed by atoms with van der Waals surface area (Å²) in [4.78, 5) is 13.3. The van der Waals surface area contributed by atoms with Gasteiger partial charge in [-0.05, 0) is 37.6 Å². The van der Waals surface area contributed by atoms with Crippen molar-refractivity contribution in [2.75, 3.05) is 19.6 Å². The number of phenolic OH excluding ortho intramolecular Hbond substituents is 1. The number of amides is 1. The van der Waals surface area contributed by atoms with Crippen LogP contribution in [0, 0.1) is 0 Å². The van der Waals surface area contributed by atoms with Gasteiger partial charge in [-0.2, -0.15) is 0 Å². The molecule has 0 spiro atoms. The van der Waals surface area contributed by atoms with Crippen molar-refractivity contribution in [3.05, 3.63) is 28.2 Å². The second kappa shape index (κ2) is 7.16. The summed E-state index contributed by atoms with van der Waals surface area (Å²) in [6.07, 6.45) is 2.98. The molecule has 0 saturated carbocycles. The molecule has 1 amide bonds. The highest BCUT2D eigenvalue weighted by Crippen LogP contribution is 2.25. The number of aromatic hydroxyl groups is 1. The number of hydrogen-bond acceptors (Lipinski definition) is 3. The standard InChI is InChI=1S/C8H14N2O.C6H4Cl2O/c11-8-2-1-5-10(8)7-3-4-9-6-7;7-5-2-1-4(9)3-6(5)8/h7,9H,1-6H2;1-3,9H. The first-order valence-electron chi connectivity index (χ1n) is 6.72. The molecule has 4 nitrogen and oxygen atoms in total. The van der Waals surface area contributed by atoms with Crippen LogP contribution in [0.1, 0.15) is 19.3 Å². The van der Waals surface area contributed by atoms with Gasteiger partial charge in [0.25, 0.3) is 0 Å². The van der Waals surface area contributed by atoms with Crippen LogP contribution in [-0.4, -0.2) is 41.6 Å². The number of carbonyl (C=O) groups excluding carboxylic acids is 1. The zero-order valence-corrected chi connectivity index (χ0v) is 12.6. The third-order valence-corrected chi connectivity index (χ3v) is 4.23. The van der Waals surface area contributed by atoms with Crippen molar-refractivity contribution in [2.45, 2.75) is 25.3 Å². The number of hydrogen-bond donors (Lipinski definition) is 2. The van der Waals surface area contributed by atoms with E-state index in [4.69, 9.17) is 28.3 Å². The molecule has 2 saturated heterocycles. The summed E-state index contributed by atoms with van der Waals surface area (Å²) in [5, 5.41) is 12.9. The molecular weight excluding hydrogens is 299 g/mol.